The number of carbonyl (C=O) groups excluding carboxylic acids is 10. The molecule has 24 heteroatoms. The summed E-state index contributed by atoms with van der Waals surface area (Å²) in [6.07, 6.45) is 4.31. The van der Waals surface area contributed by atoms with E-state index in [2.05, 4.69) is 52.5 Å². The first kappa shape index (κ1) is 54.4. The molecule has 374 valence electrons. The van der Waals surface area contributed by atoms with Gasteiger partial charge in [0.25, 0.3) is 5.91 Å². The van der Waals surface area contributed by atoms with Crippen molar-refractivity contribution in [1.82, 2.24) is 52.5 Å². The largest absolute Gasteiger partial charge is 0.507 e. The van der Waals surface area contributed by atoms with E-state index in [1.54, 1.807) is 51.4 Å². The standard InChI is InChI=1S/C45H61N11O12S/c1-7-22(3)36-38(61)44(67)54-31(19-68-6)45-51-26(20-69-45)12-15-34(60)52-29(16-25-17-47-27-10-9-11-32(58)35(25)27)40(63)48-18-30(42(65)50-24(5)39(62)55-36)53-43(66)37(23(4)8-2)56-41(64)28(49-21-57)13-14-33(46)59/h9-12,15,17,20-24,28-31,36-37,47,58H,7-8,13-14,16,18-19H2,1-6H3,(H2,46,59)(H,48,63)(H,49,57)(H,50,65)(H,52,60)(H,53,66)(H,54,67)(H,55,62)(H,56,64)/b15-12+/t22-,23-,24-,28-,29-,30+,31-,36-,37-/m0/s1. The van der Waals surface area contributed by atoms with Crippen molar-refractivity contribution in [2.45, 2.75) is 109 Å². The molecule has 12 N–H and O–H groups in total. The molecule has 3 aromatic rings. The molecule has 69 heavy (non-hydrogen) atoms. The van der Waals surface area contributed by atoms with Gasteiger partial charge in [-0.25, -0.2) is 4.98 Å². The molecule has 2 bridgehead atoms. The lowest BCUT2D eigenvalue weighted by molar-refractivity contribution is -0.142. The van der Waals surface area contributed by atoms with Crippen LogP contribution in [0.2, 0.25) is 0 Å². The number of thiazole rings is 1. The predicted octanol–water partition coefficient (Wildman–Crippen LogP) is -0.995. The second kappa shape index (κ2) is 25.8. The minimum Gasteiger partial charge on any atom is -0.507 e. The fourth-order valence-electron chi connectivity index (χ4n) is 7.23. The molecule has 0 saturated carbocycles. The van der Waals surface area contributed by atoms with Crippen molar-refractivity contribution in [2.75, 3.05) is 20.3 Å². The summed E-state index contributed by atoms with van der Waals surface area (Å²) in [5, 5.41) is 33.4. The SMILES string of the molecule is CC[C@H](C)[C@H](NC(=O)[C@H](CCC(N)=O)NC=O)C(=O)N[C@@H]1CNC(=O)[C@H](Cc2c[nH]c3cccc(O)c23)NC(=O)/C=C/c2csc(n2)[C@H](COC)NC(=O)C(=O)[C@H]([C@@H](C)CC)NC(=O)[C@H](C)NC1=O. The maximum absolute atomic E-state index is 14.2. The Morgan fingerprint density at radius 3 is 2.38 bits per heavy atom. The minimum atomic E-state index is -1.68. The number of H-pyrrole nitrogens is 1. The number of nitrogens with one attached hydrogen (secondary N) is 9. The number of aromatic nitrogens is 2. The van der Waals surface area contributed by atoms with Crippen LogP contribution in [-0.2, 0) is 59.1 Å². The Kier molecular flexibility index (Phi) is 20.3. The molecule has 2 aromatic heterocycles. The van der Waals surface area contributed by atoms with Gasteiger partial charge in [-0.15, -0.1) is 11.3 Å². The van der Waals surface area contributed by atoms with Crippen LogP contribution in [0.3, 0.4) is 0 Å². The molecule has 1 aliphatic rings. The van der Waals surface area contributed by atoms with Crippen LogP contribution in [0, 0.1) is 11.8 Å². The van der Waals surface area contributed by atoms with Crippen molar-refractivity contribution >= 4 is 87.8 Å². The Labute approximate surface area is 401 Å². The van der Waals surface area contributed by atoms with Gasteiger partial charge in [0.15, 0.2) is 0 Å². The molecule has 0 spiro atoms. The fourth-order valence-corrected chi connectivity index (χ4v) is 8.05. The van der Waals surface area contributed by atoms with Gasteiger partial charge < -0.3 is 63.1 Å². The number of Topliss-reactive ketones (excluding diaryl/α,β-unsaturated/α-hetero) is 1. The van der Waals surface area contributed by atoms with E-state index in [0.29, 0.717) is 34.3 Å². The average molecular weight is 980 g/mol. The van der Waals surface area contributed by atoms with E-state index in [0.717, 1.165) is 17.4 Å². The van der Waals surface area contributed by atoms with Gasteiger partial charge >= 0.3 is 0 Å². The maximum atomic E-state index is 14.2. The highest BCUT2D eigenvalue weighted by Gasteiger charge is 2.36. The van der Waals surface area contributed by atoms with Gasteiger partial charge in [0, 0.05) is 55.1 Å². The maximum Gasteiger partial charge on any atom is 0.290 e. The molecule has 4 rings (SSSR count). The van der Waals surface area contributed by atoms with E-state index in [1.807, 2.05) is 0 Å². The quantitative estimate of drug-likeness (QED) is 0.0572. The summed E-state index contributed by atoms with van der Waals surface area (Å²) in [6.45, 7) is 7.30. The number of carbonyl (C=O) groups is 10. The number of rotatable bonds is 17. The molecular weight excluding hydrogens is 919 g/mol. The van der Waals surface area contributed by atoms with Crippen LogP contribution in [0.25, 0.3) is 17.0 Å². The Morgan fingerprint density at radius 2 is 1.71 bits per heavy atom. The number of fused-ring (bicyclic) bond motifs is 3. The number of amides is 9. The number of benzene rings is 1. The highest BCUT2D eigenvalue weighted by Crippen LogP contribution is 2.28. The Morgan fingerprint density at radius 1 is 0.971 bits per heavy atom. The third kappa shape index (κ3) is 15.1. The van der Waals surface area contributed by atoms with Gasteiger partial charge in [0.05, 0.1) is 18.3 Å². The Hall–Kier alpha value is -7.21. The molecule has 1 aliphatic heterocycles. The number of aromatic amines is 1. The van der Waals surface area contributed by atoms with E-state index in [1.165, 1.54) is 26.2 Å². The molecular formula is C45H61N11O12S. The predicted molar refractivity (Wildman–Crippen MR) is 251 cm³/mol. The van der Waals surface area contributed by atoms with Crippen molar-refractivity contribution in [1.29, 1.82) is 0 Å². The first-order valence-corrected chi connectivity index (χ1v) is 23.2. The van der Waals surface area contributed by atoms with E-state index in [9.17, 15) is 53.1 Å². The number of hydrogen-bond donors (Lipinski definition) is 11. The van der Waals surface area contributed by atoms with Crippen LogP contribution in [-0.4, -0.2) is 131 Å². The minimum absolute atomic E-state index is 0.0994. The van der Waals surface area contributed by atoms with E-state index in [-0.39, 0.29) is 43.7 Å². The summed E-state index contributed by atoms with van der Waals surface area (Å²) in [6, 6.07) is -4.60. The first-order chi connectivity index (χ1) is 32.8. The van der Waals surface area contributed by atoms with Gasteiger partial charge in [-0.1, -0.05) is 46.6 Å². The molecule has 3 heterocycles. The number of hydrogen-bond acceptors (Lipinski definition) is 14. The van der Waals surface area contributed by atoms with Crippen molar-refractivity contribution < 1.29 is 57.8 Å². The fraction of sp³-hybridized carbons (Fsp3) is 0.489. The summed E-state index contributed by atoms with van der Waals surface area (Å²) >= 11 is 1.11. The summed E-state index contributed by atoms with van der Waals surface area (Å²) in [5.41, 5.74) is 6.51. The van der Waals surface area contributed by atoms with Crippen LogP contribution in [0.4, 0.5) is 0 Å². The lowest BCUT2D eigenvalue weighted by Gasteiger charge is -2.29. The summed E-state index contributed by atoms with van der Waals surface area (Å²) in [7, 11) is 1.38. The molecule has 9 atom stereocenters. The first-order valence-electron chi connectivity index (χ1n) is 22.3. The highest BCUT2D eigenvalue weighted by molar-refractivity contribution is 7.09. The van der Waals surface area contributed by atoms with Crippen molar-refractivity contribution in [3.05, 3.63) is 52.1 Å². The monoisotopic (exact) mass is 979 g/mol. The van der Waals surface area contributed by atoms with Crippen LogP contribution in [0.5, 0.6) is 5.75 Å². The second-order valence-corrected chi connectivity index (χ2v) is 17.6. The summed E-state index contributed by atoms with van der Waals surface area (Å²) in [5.74, 6) is -9.29. The number of methoxy groups -OCH3 is 1. The van der Waals surface area contributed by atoms with Crippen LogP contribution in [0.15, 0.2) is 35.9 Å². The lowest BCUT2D eigenvalue weighted by Crippen LogP contribution is -2.62. The zero-order chi connectivity index (χ0) is 50.9. The second-order valence-electron chi connectivity index (χ2n) is 16.7. The number of nitrogens with zero attached hydrogens (tertiary/aromatic N) is 1. The van der Waals surface area contributed by atoms with Crippen molar-refractivity contribution in [3.63, 3.8) is 0 Å². The topological polar surface area (TPSA) is 351 Å². The van der Waals surface area contributed by atoms with Gasteiger partial charge in [-0.2, -0.15) is 0 Å². The lowest BCUT2D eigenvalue weighted by atomic mass is 9.94. The van der Waals surface area contributed by atoms with Crippen molar-refractivity contribution in [2.24, 2.45) is 17.6 Å². The molecule has 0 aliphatic carbocycles. The average Bonchev–Trinajstić information content (AvgIpc) is 3.98. The van der Waals surface area contributed by atoms with E-state index >= 15 is 0 Å². The van der Waals surface area contributed by atoms with Crippen LogP contribution >= 0.6 is 11.3 Å². The van der Waals surface area contributed by atoms with Crippen LogP contribution < -0.4 is 48.3 Å². The van der Waals surface area contributed by atoms with Gasteiger partial charge in [-0.05, 0) is 49.0 Å². The highest BCUT2D eigenvalue weighted by atomic mass is 32.1. The van der Waals surface area contributed by atoms with E-state index < -0.39 is 114 Å². The number of nitrogens with two attached hydrogens (primary N) is 1. The third-order valence-electron chi connectivity index (χ3n) is 11.6. The van der Waals surface area contributed by atoms with Gasteiger partial charge in [-0.3, -0.25) is 47.9 Å². The van der Waals surface area contributed by atoms with Crippen LogP contribution in [0.1, 0.15) is 82.6 Å². The molecule has 1 aromatic carbocycles. The molecule has 0 radical (unpaired) electrons. The summed E-state index contributed by atoms with van der Waals surface area (Å²) < 4.78 is 5.30. The van der Waals surface area contributed by atoms with Crippen molar-refractivity contribution in [3.8, 4) is 5.75 Å². The van der Waals surface area contributed by atoms with Gasteiger partial charge in [0.2, 0.25) is 53.5 Å². The molecule has 9 amide bonds. The smallest absolute Gasteiger partial charge is 0.290 e. The number of phenolic OH excluding ortho intramolecular Hbond substituents is 1. The summed E-state index contributed by atoms with van der Waals surface area (Å²) in [4.78, 5) is 141. The third-order valence-corrected chi connectivity index (χ3v) is 12.6. The number of ether oxygens (including phenoxy) is 1. The zero-order valence-corrected chi connectivity index (χ0v) is 40.0. The number of aromatic hydroxyl groups is 1. The number of ketones is 1. The molecule has 0 unspecified atom stereocenters. The van der Waals surface area contributed by atoms with Gasteiger partial charge in [0.1, 0.15) is 47.0 Å². The van der Waals surface area contributed by atoms with E-state index in [4.69, 9.17) is 10.5 Å². The molecule has 0 saturated heterocycles. The number of primary amides is 1. The molecule has 0 fully saturated rings. The molecule has 23 nitrogen and oxygen atoms in total. The zero-order valence-electron chi connectivity index (χ0n) is 39.1. The normalized spacial score (nSPS) is 22.1. The number of phenols is 1. The Balaban J connectivity index is 1.76. The Bertz CT molecular complexity index is 2400.